The van der Waals surface area contributed by atoms with Crippen molar-refractivity contribution in [3.05, 3.63) is 60.4 Å². The molecule has 27 heavy (non-hydrogen) atoms. The zero-order chi connectivity index (χ0) is 19.3. The largest absolute Gasteiger partial charge is 0.419 e. The molecule has 3 aromatic rings. The number of rotatable bonds is 8. The lowest BCUT2D eigenvalue weighted by molar-refractivity contribution is 0.197. The van der Waals surface area contributed by atoms with E-state index in [0.717, 1.165) is 0 Å². The summed E-state index contributed by atoms with van der Waals surface area (Å²) in [5.74, 6) is -0.256. The third-order valence-electron chi connectivity index (χ3n) is 3.81. The number of oxazole rings is 1. The molecule has 0 spiro atoms. The molecule has 6 nitrogen and oxygen atoms in total. The van der Waals surface area contributed by atoms with Crippen LogP contribution in [0, 0.1) is 5.82 Å². The minimum absolute atomic E-state index is 0.0503. The molecule has 0 aliphatic carbocycles. The summed E-state index contributed by atoms with van der Waals surface area (Å²) in [5, 5.41) is 2.76. The van der Waals surface area contributed by atoms with Crippen LogP contribution in [0.2, 0.25) is 0 Å². The maximum Gasteiger partial charge on any atom is 0.233 e. The maximum absolute atomic E-state index is 13.2. The predicted octanol–water partition coefficient (Wildman–Crippen LogP) is 3.76. The lowest BCUT2D eigenvalue weighted by atomic mass is 10.2. The summed E-state index contributed by atoms with van der Waals surface area (Å²) in [7, 11) is -2.29. The number of benzene rings is 2. The second-order valence-corrected chi connectivity index (χ2v) is 7.61. The van der Waals surface area contributed by atoms with Gasteiger partial charge in [0.25, 0.3) is 0 Å². The average molecular weight is 390 g/mol. The number of aromatic nitrogens is 1. The van der Waals surface area contributed by atoms with Crippen molar-refractivity contribution in [3.63, 3.8) is 0 Å². The van der Waals surface area contributed by atoms with E-state index in [2.05, 4.69) is 10.3 Å². The van der Waals surface area contributed by atoms with E-state index in [0.29, 0.717) is 25.1 Å². The first-order valence-electron chi connectivity index (χ1n) is 8.32. The molecule has 0 aliphatic heterocycles. The van der Waals surface area contributed by atoms with Crippen LogP contribution in [0.15, 0.2) is 68.9 Å². The molecule has 0 fully saturated rings. The number of ether oxygens (including phenoxy) is 1. The van der Waals surface area contributed by atoms with Crippen LogP contribution in [0.1, 0.15) is 6.42 Å². The van der Waals surface area contributed by atoms with Crippen LogP contribution in [0.4, 0.5) is 10.3 Å². The molecule has 2 aromatic carbocycles. The van der Waals surface area contributed by atoms with Crippen LogP contribution in [-0.4, -0.2) is 33.7 Å². The number of hydrogen-bond donors (Lipinski definition) is 1. The number of nitrogens with zero attached hydrogens (tertiary/aromatic N) is 1. The van der Waals surface area contributed by atoms with Crippen molar-refractivity contribution >= 4 is 15.7 Å². The molecule has 142 valence electrons. The highest BCUT2D eigenvalue weighted by Gasteiger charge is 2.28. The zero-order valence-electron chi connectivity index (χ0n) is 14.7. The van der Waals surface area contributed by atoms with E-state index in [9.17, 15) is 12.8 Å². The molecule has 8 heteroatoms. The van der Waals surface area contributed by atoms with Crippen molar-refractivity contribution in [2.24, 2.45) is 0 Å². The van der Waals surface area contributed by atoms with E-state index in [1.807, 2.05) is 0 Å². The predicted molar refractivity (Wildman–Crippen MR) is 98.8 cm³/mol. The molecule has 0 amide bonds. The van der Waals surface area contributed by atoms with Crippen LogP contribution in [0.25, 0.3) is 11.5 Å². The fourth-order valence-corrected chi connectivity index (χ4v) is 3.75. The Labute approximate surface area is 156 Å². The molecule has 0 aliphatic rings. The summed E-state index contributed by atoms with van der Waals surface area (Å²) in [6, 6.07) is 13.5. The maximum atomic E-state index is 13.2. The molecule has 0 unspecified atom stereocenters. The van der Waals surface area contributed by atoms with Crippen LogP contribution >= 0.6 is 0 Å². The van der Waals surface area contributed by atoms with Gasteiger partial charge in [0.05, 0.1) is 4.90 Å². The second kappa shape index (κ2) is 8.32. The Kier molecular flexibility index (Phi) is 5.88. The summed E-state index contributed by atoms with van der Waals surface area (Å²) in [4.78, 5) is 4.30. The van der Waals surface area contributed by atoms with Crippen LogP contribution in [-0.2, 0) is 14.6 Å². The third-order valence-corrected chi connectivity index (χ3v) is 5.48. The van der Waals surface area contributed by atoms with Gasteiger partial charge in [-0.15, -0.1) is 0 Å². The van der Waals surface area contributed by atoms with Gasteiger partial charge in [-0.2, -0.15) is 4.98 Å². The monoisotopic (exact) mass is 390 g/mol. The fraction of sp³-hybridized carbons (Fsp3) is 0.211. The SMILES string of the molecule is COCCCNc1oc(-c2ccc(F)cc2)nc1S(=O)(=O)c1ccccc1. The minimum Gasteiger partial charge on any atom is -0.419 e. The van der Waals surface area contributed by atoms with E-state index in [4.69, 9.17) is 9.15 Å². The average Bonchev–Trinajstić information content (AvgIpc) is 3.11. The van der Waals surface area contributed by atoms with Gasteiger partial charge < -0.3 is 14.5 Å². The highest BCUT2D eigenvalue weighted by Crippen LogP contribution is 2.32. The zero-order valence-corrected chi connectivity index (χ0v) is 15.5. The number of sulfone groups is 1. The van der Waals surface area contributed by atoms with E-state index >= 15 is 0 Å². The smallest absolute Gasteiger partial charge is 0.233 e. The van der Waals surface area contributed by atoms with Crippen molar-refractivity contribution in [1.29, 1.82) is 0 Å². The molecular formula is C19H19FN2O4S. The Morgan fingerprint density at radius 2 is 1.81 bits per heavy atom. The molecule has 0 saturated carbocycles. The Balaban J connectivity index is 2.01. The normalized spacial score (nSPS) is 11.5. The Morgan fingerprint density at radius 3 is 2.48 bits per heavy atom. The minimum atomic E-state index is -3.88. The Hall–Kier alpha value is -2.71. The summed E-state index contributed by atoms with van der Waals surface area (Å²) >= 11 is 0. The Morgan fingerprint density at radius 1 is 1.11 bits per heavy atom. The first kappa shape index (κ1) is 19.1. The number of methoxy groups -OCH3 is 1. The standard InChI is InChI=1S/C19H19FN2O4S/c1-25-13-5-12-21-18-19(27(23,24)16-6-3-2-4-7-16)22-17(26-18)14-8-10-15(20)11-9-14/h2-4,6-11,21H,5,12-13H2,1H3. The summed E-state index contributed by atoms with van der Waals surface area (Å²) in [5.41, 5.74) is 0.478. The molecule has 0 radical (unpaired) electrons. The van der Waals surface area contributed by atoms with Crippen molar-refractivity contribution in [2.45, 2.75) is 16.3 Å². The summed E-state index contributed by atoms with van der Waals surface area (Å²) < 4.78 is 49.8. The summed E-state index contributed by atoms with van der Waals surface area (Å²) in [6.45, 7) is 0.968. The summed E-state index contributed by atoms with van der Waals surface area (Å²) in [6.07, 6.45) is 0.661. The van der Waals surface area contributed by atoms with Gasteiger partial charge in [-0.1, -0.05) is 18.2 Å². The van der Waals surface area contributed by atoms with Gasteiger partial charge in [-0.3, -0.25) is 0 Å². The first-order chi connectivity index (χ1) is 13.0. The number of halogens is 1. The van der Waals surface area contributed by atoms with E-state index in [1.54, 1.807) is 25.3 Å². The lowest BCUT2D eigenvalue weighted by Crippen LogP contribution is -2.09. The molecule has 0 bridgehead atoms. The molecule has 0 atom stereocenters. The van der Waals surface area contributed by atoms with Crippen LogP contribution < -0.4 is 5.32 Å². The van der Waals surface area contributed by atoms with Gasteiger partial charge in [-0.25, -0.2) is 12.8 Å². The van der Waals surface area contributed by atoms with Crippen molar-refractivity contribution in [3.8, 4) is 11.5 Å². The highest BCUT2D eigenvalue weighted by molar-refractivity contribution is 7.91. The lowest BCUT2D eigenvalue weighted by Gasteiger charge is -2.05. The quantitative estimate of drug-likeness (QED) is 0.590. The van der Waals surface area contributed by atoms with Gasteiger partial charge in [0.1, 0.15) is 5.82 Å². The van der Waals surface area contributed by atoms with Crippen LogP contribution in [0.5, 0.6) is 0 Å². The van der Waals surface area contributed by atoms with Crippen molar-refractivity contribution in [1.82, 2.24) is 4.98 Å². The molecule has 0 saturated heterocycles. The molecule has 1 N–H and O–H groups in total. The van der Waals surface area contributed by atoms with Gasteiger partial charge >= 0.3 is 0 Å². The topological polar surface area (TPSA) is 81.4 Å². The van der Waals surface area contributed by atoms with E-state index in [1.165, 1.54) is 36.4 Å². The van der Waals surface area contributed by atoms with Gasteiger partial charge in [0, 0.05) is 25.8 Å². The van der Waals surface area contributed by atoms with E-state index in [-0.39, 0.29) is 21.7 Å². The molecule has 1 aromatic heterocycles. The van der Waals surface area contributed by atoms with Crippen molar-refractivity contribution < 1.29 is 22.0 Å². The van der Waals surface area contributed by atoms with Gasteiger partial charge in [-0.05, 0) is 42.8 Å². The third kappa shape index (κ3) is 4.35. The number of hydrogen-bond acceptors (Lipinski definition) is 6. The van der Waals surface area contributed by atoms with Crippen LogP contribution in [0.3, 0.4) is 0 Å². The number of anilines is 1. The molecule has 3 rings (SSSR count). The fourth-order valence-electron chi connectivity index (χ4n) is 2.45. The highest BCUT2D eigenvalue weighted by atomic mass is 32.2. The van der Waals surface area contributed by atoms with E-state index < -0.39 is 15.7 Å². The van der Waals surface area contributed by atoms with Gasteiger partial charge in [0.15, 0.2) is 0 Å². The Bertz CT molecular complexity index is 986. The first-order valence-corrected chi connectivity index (χ1v) is 9.80. The molecule has 1 heterocycles. The second-order valence-electron chi connectivity index (χ2n) is 5.75. The van der Waals surface area contributed by atoms with Crippen molar-refractivity contribution in [2.75, 3.05) is 25.6 Å². The number of nitrogens with one attached hydrogen (secondary N) is 1. The van der Waals surface area contributed by atoms with Gasteiger partial charge in [0.2, 0.25) is 26.6 Å². The molecular weight excluding hydrogens is 371 g/mol.